The monoisotopic (exact) mass is 170 g/mol. The van der Waals surface area contributed by atoms with E-state index in [9.17, 15) is 4.79 Å². The molecule has 0 aromatic heterocycles. The maximum Gasteiger partial charge on any atom is 0.183 e. The Bertz CT molecular complexity index is 224. The van der Waals surface area contributed by atoms with E-state index >= 15 is 0 Å². The molecule has 0 saturated carbocycles. The summed E-state index contributed by atoms with van der Waals surface area (Å²) in [5, 5.41) is 11.2. The number of Topliss-reactive ketones (excluding diaryl/α,β-unsaturated/α-hetero) is 1. The van der Waals surface area contributed by atoms with Crippen LogP contribution in [0.1, 0.15) is 27.7 Å². The van der Waals surface area contributed by atoms with Gasteiger partial charge >= 0.3 is 0 Å². The zero-order chi connectivity index (χ0) is 9.78. The molecule has 0 bridgehead atoms. The second-order valence-electron chi connectivity index (χ2n) is 3.47. The molecule has 0 aliphatic carbocycles. The van der Waals surface area contributed by atoms with Gasteiger partial charge in [-0.2, -0.15) is 0 Å². The van der Waals surface area contributed by atoms with Gasteiger partial charge < -0.3 is 5.21 Å². The first-order valence-corrected chi connectivity index (χ1v) is 3.65. The van der Waals surface area contributed by atoms with Crippen molar-refractivity contribution in [3.8, 4) is 0 Å². The SMILES string of the molecule is CC(=O)/C(C=NC(C)(C)C)=N\O. The van der Waals surface area contributed by atoms with Crippen LogP contribution in [0.3, 0.4) is 0 Å². The molecule has 0 aliphatic rings. The molecule has 0 atom stereocenters. The van der Waals surface area contributed by atoms with Crippen LogP contribution in [0.5, 0.6) is 0 Å². The van der Waals surface area contributed by atoms with Crippen LogP contribution in [0, 0.1) is 0 Å². The van der Waals surface area contributed by atoms with Gasteiger partial charge in [-0.05, 0) is 20.8 Å². The number of hydrogen-bond acceptors (Lipinski definition) is 4. The number of carbonyl (C=O) groups is 1. The summed E-state index contributed by atoms with van der Waals surface area (Å²) in [4.78, 5) is 14.7. The van der Waals surface area contributed by atoms with Gasteiger partial charge in [0.1, 0.15) is 0 Å². The quantitative estimate of drug-likeness (QED) is 0.385. The fourth-order valence-electron chi connectivity index (χ4n) is 0.442. The Labute approximate surface area is 72.0 Å². The molecular formula is C8H14N2O2. The predicted molar refractivity (Wildman–Crippen MR) is 48.1 cm³/mol. The Balaban J connectivity index is 4.44. The lowest BCUT2D eigenvalue weighted by Gasteiger charge is -2.10. The molecular weight excluding hydrogens is 156 g/mol. The molecule has 0 aliphatic heterocycles. The molecule has 0 saturated heterocycles. The second-order valence-corrected chi connectivity index (χ2v) is 3.47. The Hall–Kier alpha value is -1.19. The van der Waals surface area contributed by atoms with Crippen molar-refractivity contribution in [1.29, 1.82) is 0 Å². The van der Waals surface area contributed by atoms with Crippen LogP contribution in [0.25, 0.3) is 0 Å². The third-order valence-corrected chi connectivity index (χ3v) is 1.04. The number of rotatable bonds is 2. The molecule has 4 nitrogen and oxygen atoms in total. The Kier molecular flexibility index (Phi) is 3.60. The summed E-state index contributed by atoms with van der Waals surface area (Å²) >= 11 is 0. The highest BCUT2D eigenvalue weighted by Crippen LogP contribution is 2.04. The Morgan fingerprint density at radius 1 is 1.42 bits per heavy atom. The van der Waals surface area contributed by atoms with Crippen LogP contribution >= 0.6 is 0 Å². The maximum absolute atomic E-state index is 10.7. The number of nitrogens with zero attached hydrogens (tertiary/aromatic N) is 2. The fourth-order valence-corrected chi connectivity index (χ4v) is 0.442. The van der Waals surface area contributed by atoms with Crippen molar-refractivity contribution in [3.05, 3.63) is 0 Å². The molecule has 0 aromatic rings. The molecule has 0 amide bonds. The van der Waals surface area contributed by atoms with E-state index in [-0.39, 0.29) is 17.0 Å². The highest BCUT2D eigenvalue weighted by Gasteiger charge is 2.08. The minimum Gasteiger partial charge on any atom is -0.410 e. The van der Waals surface area contributed by atoms with Crippen molar-refractivity contribution in [1.82, 2.24) is 0 Å². The smallest absolute Gasteiger partial charge is 0.183 e. The average molecular weight is 170 g/mol. The summed E-state index contributed by atoms with van der Waals surface area (Å²) in [5.41, 5.74) is -0.282. The summed E-state index contributed by atoms with van der Waals surface area (Å²) in [7, 11) is 0. The van der Waals surface area contributed by atoms with Gasteiger partial charge in [-0.15, -0.1) is 0 Å². The Morgan fingerprint density at radius 2 is 1.92 bits per heavy atom. The number of carbonyl (C=O) groups excluding carboxylic acids is 1. The third kappa shape index (κ3) is 4.60. The van der Waals surface area contributed by atoms with Gasteiger partial charge in [0.15, 0.2) is 11.5 Å². The first kappa shape index (κ1) is 10.8. The lowest BCUT2D eigenvalue weighted by Crippen LogP contribution is -2.16. The van der Waals surface area contributed by atoms with Crippen molar-refractivity contribution in [2.24, 2.45) is 10.1 Å². The lowest BCUT2D eigenvalue weighted by atomic mass is 10.1. The van der Waals surface area contributed by atoms with Gasteiger partial charge in [0.05, 0.1) is 11.8 Å². The normalized spacial score (nSPS) is 13.8. The number of oxime groups is 1. The minimum absolute atomic E-state index is 0.0232. The molecule has 0 fully saturated rings. The highest BCUT2D eigenvalue weighted by molar-refractivity contribution is 6.60. The fraction of sp³-hybridized carbons (Fsp3) is 0.625. The highest BCUT2D eigenvalue weighted by atomic mass is 16.4. The van der Waals surface area contributed by atoms with E-state index in [4.69, 9.17) is 5.21 Å². The Morgan fingerprint density at radius 3 is 2.17 bits per heavy atom. The van der Waals surface area contributed by atoms with Crippen molar-refractivity contribution >= 4 is 17.7 Å². The predicted octanol–water partition coefficient (Wildman–Crippen LogP) is 1.27. The van der Waals surface area contributed by atoms with Crippen LogP contribution < -0.4 is 0 Å². The molecule has 1 N–H and O–H groups in total. The second kappa shape index (κ2) is 3.99. The number of aliphatic imine (C=N–C) groups is 1. The van der Waals surface area contributed by atoms with Crippen LogP contribution in [0.2, 0.25) is 0 Å². The van der Waals surface area contributed by atoms with Crippen LogP contribution in [0.4, 0.5) is 0 Å². The van der Waals surface area contributed by atoms with Gasteiger partial charge in [0.25, 0.3) is 0 Å². The van der Waals surface area contributed by atoms with E-state index in [0.717, 1.165) is 0 Å². The first-order valence-electron chi connectivity index (χ1n) is 3.65. The van der Waals surface area contributed by atoms with Crippen LogP contribution in [0.15, 0.2) is 10.1 Å². The largest absolute Gasteiger partial charge is 0.410 e. The molecule has 0 rings (SSSR count). The van der Waals surface area contributed by atoms with Crippen molar-refractivity contribution in [3.63, 3.8) is 0 Å². The summed E-state index contributed by atoms with van der Waals surface area (Å²) in [6.45, 7) is 6.99. The summed E-state index contributed by atoms with van der Waals surface area (Å²) in [5.74, 6) is -0.300. The molecule has 12 heavy (non-hydrogen) atoms. The summed E-state index contributed by atoms with van der Waals surface area (Å²) in [6, 6.07) is 0. The van der Waals surface area contributed by atoms with E-state index in [0.29, 0.717) is 0 Å². The molecule has 0 aromatic carbocycles. The van der Waals surface area contributed by atoms with E-state index in [1.54, 1.807) is 0 Å². The summed E-state index contributed by atoms with van der Waals surface area (Å²) in [6.07, 6.45) is 1.28. The number of hydrogen-bond donors (Lipinski definition) is 1. The van der Waals surface area contributed by atoms with Gasteiger partial charge in [-0.25, -0.2) is 0 Å². The van der Waals surface area contributed by atoms with E-state index in [1.807, 2.05) is 20.8 Å². The van der Waals surface area contributed by atoms with Crippen LogP contribution in [-0.2, 0) is 4.79 Å². The van der Waals surface area contributed by atoms with E-state index < -0.39 is 0 Å². The molecule has 0 radical (unpaired) electrons. The topological polar surface area (TPSA) is 62.0 Å². The average Bonchev–Trinajstić information content (AvgIpc) is 1.85. The van der Waals surface area contributed by atoms with Crippen LogP contribution in [-0.4, -0.2) is 28.5 Å². The van der Waals surface area contributed by atoms with Crippen molar-refractivity contribution < 1.29 is 10.0 Å². The van der Waals surface area contributed by atoms with Gasteiger partial charge in [0.2, 0.25) is 0 Å². The first-order chi connectivity index (χ1) is 5.37. The van der Waals surface area contributed by atoms with Gasteiger partial charge in [-0.1, -0.05) is 5.16 Å². The molecule has 0 spiro atoms. The van der Waals surface area contributed by atoms with Crippen molar-refractivity contribution in [2.45, 2.75) is 33.2 Å². The third-order valence-electron chi connectivity index (χ3n) is 1.04. The minimum atomic E-state index is -0.300. The maximum atomic E-state index is 10.7. The number of ketones is 1. The van der Waals surface area contributed by atoms with E-state index in [2.05, 4.69) is 10.1 Å². The van der Waals surface area contributed by atoms with E-state index in [1.165, 1.54) is 13.1 Å². The molecule has 0 heterocycles. The molecule has 0 unspecified atom stereocenters. The lowest BCUT2D eigenvalue weighted by molar-refractivity contribution is -0.111. The zero-order valence-electron chi connectivity index (χ0n) is 7.83. The van der Waals surface area contributed by atoms with Crippen molar-refractivity contribution in [2.75, 3.05) is 0 Å². The van der Waals surface area contributed by atoms with Gasteiger partial charge in [-0.3, -0.25) is 9.79 Å². The molecule has 4 heteroatoms. The summed E-state index contributed by atoms with van der Waals surface area (Å²) < 4.78 is 0. The van der Waals surface area contributed by atoms with Gasteiger partial charge in [0, 0.05) is 6.92 Å². The standard InChI is InChI=1S/C8H14N2O2/c1-6(11)7(10-12)5-9-8(2,3)4/h5,12H,1-4H3/b9-5?,10-7-. The molecule has 68 valence electrons. The zero-order valence-corrected chi connectivity index (χ0v) is 7.83.